The van der Waals surface area contributed by atoms with Crippen LogP contribution in [0.1, 0.15) is 72.3 Å². The number of hydrogen-bond donors (Lipinski definition) is 0. The van der Waals surface area contributed by atoms with Crippen molar-refractivity contribution in [2.24, 2.45) is 22.9 Å². The lowest BCUT2D eigenvalue weighted by Crippen LogP contribution is -2.39. The third kappa shape index (κ3) is 5.80. The van der Waals surface area contributed by atoms with Crippen molar-refractivity contribution in [2.45, 2.75) is 84.5 Å². The number of carbonyl (C=O) groups is 1. The van der Waals surface area contributed by atoms with Crippen LogP contribution in [0.15, 0.2) is 48.1 Å². The molecule has 3 rings (SSSR count). The van der Waals surface area contributed by atoms with Crippen molar-refractivity contribution in [1.29, 1.82) is 0 Å². The fourth-order valence-electron chi connectivity index (χ4n) is 4.98. The van der Waals surface area contributed by atoms with Crippen LogP contribution in [0.3, 0.4) is 0 Å². The summed E-state index contributed by atoms with van der Waals surface area (Å²) in [4.78, 5) is 13.0. The van der Waals surface area contributed by atoms with Crippen LogP contribution >= 0.6 is 0 Å². The van der Waals surface area contributed by atoms with E-state index >= 15 is 0 Å². The van der Waals surface area contributed by atoms with E-state index in [-0.39, 0.29) is 18.1 Å². The molecule has 1 saturated carbocycles. The quantitative estimate of drug-likeness (QED) is 0.480. The standard InChI is InChI=1S/C27H40N2O3/c1-8-23-25(20-12-10-9-11-13-20)22(28-29(23)26(30)32-27(5,6)7)17-31-24-16-19(4)14-15-21(24)18(2)3/h8-13,18-19,21,23-25H,1,14-17H2,2-7H3/t19-,21+,23+,24-,25-/m1/s1. The van der Waals surface area contributed by atoms with Gasteiger partial charge >= 0.3 is 6.09 Å². The Morgan fingerprint density at radius 1 is 1.25 bits per heavy atom. The summed E-state index contributed by atoms with van der Waals surface area (Å²) < 4.78 is 12.2. The Balaban J connectivity index is 1.86. The van der Waals surface area contributed by atoms with Gasteiger partial charge in [0, 0.05) is 0 Å². The van der Waals surface area contributed by atoms with Gasteiger partial charge in [-0.05, 0) is 56.9 Å². The largest absolute Gasteiger partial charge is 0.442 e. The minimum atomic E-state index is -0.595. The minimum Gasteiger partial charge on any atom is -0.442 e. The van der Waals surface area contributed by atoms with E-state index in [2.05, 4.69) is 39.5 Å². The minimum absolute atomic E-state index is 0.0975. The van der Waals surface area contributed by atoms with E-state index in [4.69, 9.17) is 14.6 Å². The molecule has 1 heterocycles. The number of carbonyl (C=O) groups excluding carboxylic acids is 1. The molecule has 1 aliphatic carbocycles. The summed E-state index contributed by atoms with van der Waals surface area (Å²) in [5, 5.41) is 6.18. The molecule has 0 saturated heterocycles. The third-order valence-electron chi connectivity index (χ3n) is 6.61. The molecular weight excluding hydrogens is 400 g/mol. The Bertz CT molecular complexity index is 812. The summed E-state index contributed by atoms with van der Waals surface area (Å²) >= 11 is 0. The van der Waals surface area contributed by atoms with Gasteiger partial charge < -0.3 is 9.47 Å². The first-order valence-corrected chi connectivity index (χ1v) is 12.0. The van der Waals surface area contributed by atoms with Gasteiger partial charge in [-0.3, -0.25) is 0 Å². The number of benzene rings is 1. The van der Waals surface area contributed by atoms with Crippen molar-refractivity contribution < 1.29 is 14.3 Å². The lowest BCUT2D eigenvalue weighted by molar-refractivity contribution is -0.0224. The van der Waals surface area contributed by atoms with Gasteiger partial charge in [-0.15, -0.1) is 6.58 Å². The first-order chi connectivity index (χ1) is 15.1. The molecule has 0 unspecified atom stereocenters. The van der Waals surface area contributed by atoms with Gasteiger partial charge in [0.15, 0.2) is 0 Å². The summed E-state index contributed by atoms with van der Waals surface area (Å²) in [5.41, 5.74) is 1.36. The molecule has 2 aliphatic rings. The molecule has 5 heteroatoms. The topological polar surface area (TPSA) is 51.1 Å². The molecule has 32 heavy (non-hydrogen) atoms. The molecule has 1 aromatic carbocycles. The Labute approximate surface area is 193 Å². The Morgan fingerprint density at radius 2 is 1.94 bits per heavy atom. The summed E-state index contributed by atoms with van der Waals surface area (Å²) in [6.45, 7) is 16.9. The van der Waals surface area contributed by atoms with Crippen LogP contribution in [0, 0.1) is 17.8 Å². The first-order valence-electron chi connectivity index (χ1n) is 12.0. The lowest BCUT2D eigenvalue weighted by Gasteiger charge is -2.37. The van der Waals surface area contributed by atoms with Gasteiger partial charge in [0.05, 0.1) is 30.4 Å². The van der Waals surface area contributed by atoms with E-state index in [1.54, 1.807) is 6.08 Å². The molecule has 1 aliphatic heterocycles. The monoisotopic (exact) mass is 440 g/mol. The SMILES string of the molecule is C=C[C@H]1[C@H](c2ccccc2)C(CO[C@@H]2C[C@H](C)CC[C@H]2C(C)C)=NN1C(=O)OC(C)(C)C. The van der Waals surface area contributed by atoms with Gasteiger partial charge in [0.25, 0.3) is 0 Å². The number of hydrazone groups is 1. The average Bonchev–Trinajstić information content (AvgIpc) is 3.10. The second-order valence-electron chi connectivity index (χ2n) is 10.7. The van der Waals surface area contributed by atoms with Gasteiger partial charge in [0.2, 0.25) is 0 Å². The van der Waals surface area contributed by atoms with E-state index in [1.165, 1.54) is 17.9 Å². The highest BCUT2D eigenvalue weighted by Gasteiger charge is 2.42. The number of rotatable bonds is 6. The van der Waals surface area contributed by atoms with E-state index in [0.29, 0.717) is 24.4 Å². The molecule has 5 nitrogen and oxygen atoms in total. The Kier molecular flexibility index (Phi) is 7.81. The van der Waals surface area contributed by atoms with Crippen LogP contribution in [0.4, 0.5) is 4.79 Å². The maximum atomic E-state index is 13.0. The Hall–Kier alpha value is -2.14. The molecule has 1 amide bonds. The zero-order valence-corrected chi connectivity index (χ0v) is 20.6. The second kappa shape index (κ2) is 10.2. The highest BCUT2D eigenvalue weighted by molar-refractivity contribution is 5.96. The molecular formula is C27H40N2O3. The van der Waals surface area contributed by atoms with Crippen molar-refractivity contribution >= 4 is 11.8 Å². The molecule has 5 atom stereocenters. The van der Waals surface area contributed by atoms with Crippen LogP contribution < -0.4 is 0 Å². The highest BCUT2D eigenvalue weighted by atomic mass is 16.6. The molecule has 0 spiro atoms. The smallest absolute Gasteiger partial charge is 0.431 e. The average molecular weight is 441 g/mol. The van der Waals surface area contributed by atoms with Gasteiger partial charge in [-0.2, -0.15) is 10.1 Å². The zero-order chi connectivity index (χ0) is 23.5. The zero-order valence-electron chi connectivity index (χ0n) is 20.6. The van der Waals surface area contributed by atoms with Crippen LogP contribution in [-0.2, 0) is 9.47 Å². The van der Waals surface area contributed by atoms with Crippen LogP contribution in [0.2, 0.25) is 0 Å². The van der Waals surface area contributed by atoms with Gasteiger partial charge in [0.1, 0.15) is 5.60 Å². The van der Waals surface area contributed by atoms with Crippen LogP contribution in [0.25, 0.3) is 0 Å². The molecule has 0 aromatic heterocycles. The number of hydrogen-bond acceptors (Lipinski definition) is 4. The van der Waals surface area contributed by atoms with Crippen LogP contribution in [0.5, 0.6) is 0 Å². The number of nitrogens with zero attached hydrogens (tertiary/aromatic N) is 2. The maximum absolute atomic E-state index is 13.0. The number of amides is 1. The van der Waals surface area contributed by atoms with Crippen molar-refractivity contribution in [2.75, 3.05) is 6.61 Å². The molecule has 0 bridgehead atoms. The fourth-order valence-corrected chi connectivity index (χ4v) is 4.98. The molecule has 1 fully saturated rings. The number of ether oxygens (including phenoxy) is 2. The normalized spacial score (nSPS) is 28.5. The Morgan fingerprint density at radius 3 is 2.53 bits per heavy atom. The maximum Gasteiger partial charge on any atom is 0.431 e. The van der Waals surface area contributed by atoms with E-state index in [0.717, 1.165) is 17.7 Å². The van der Waals surface area contributed by atoms with E-state index in [1.807, 2.05) is 39.0 Å². The summed E-state index contributed by atoms with van der Waals surface area (Å²) in [5.74, 6) is 1.71. The van der Waals surface area contributed by atoms with Crippen molar-refractivity contribution in [3.63, 3.8) is 0 Å². The van der Waals surface area contributed by atoms with E-state index < -0.39 is 11.7 Å². The summed E-state index contributed by atoms with van der Waals surface area (Å²) in [7, 11) is 0. The lowest BCUT2D eigenvalue weighted by atomic mass is 9.75. The van der Waals surface area contributed by atoms with Crippen molar-refractivity contribution in [3.8, 4) is 0 Å². The summed E-state index contributed by atoms with van der Waals surface area (Å²) in [6, 6.07) is 9.88. The highest BCUT2D eigenvalue weighted by Crippen LogP contribution is 2.37. The summed E-state index contributed by atoms with van der Waals surface area (Å²) in [6.07, 6.45) is 5.10. The third-order valence-corrected chi connectivity index (χ3v) is 6.61. The van der Waals surface area contributed by atoms with Crippen molar-refractivity contribution in [3.05, 3.63) is 48.6 Å². The predicted molar refractivity (Wildman–Crippen MR) is 130 cm³/mol. The first kappa shape index (κ1) is 24.5. The molecule has 0 radical (unpaired) electrons. The molecule has 0 N–H and O–H groups in total. The van der Waals surface area contributed by atoms with Crippen LogP contribution in [-0.4, -0.2) is 41.2 Å². The van der Waals surface area contributed by atoms with E-state index in [9.17, 15) is 4.79 Å². The van der Waals surface area contributed by atoms with Gasteiger partial charge in [-0.25, -0.2) is 4.79 Å². The molecule has 1 aromatic rings. The fraction of sp³-hybridized carbons (Fsp3) is 0.630. The van der Waals surface area contributed by atoms with Gasteiger partial charge in [-0.1, -0.05) is 63.6 Å². The molecule has 176 valence electrons. The second-order valence-corrected chi connectivity index (χ2v) is 10.7. The predicted octanol–water partition coefficient (Wildman–Crippen LogP) is 6.41. The van der Waals surface area contributed by atoms with Crippen molar-refractivity contribution in [1.82, 2.24) is 5.01 Å².